The Balaban J connectivity index is 1.88. The van der Waals surface area contributed by atoms with Crippen LogP contribution in [0.4, 0.5) is 0 Å². The summed E-state index contributed by atoms with van der Waals surface area (Å²) in [6, 6.07) is 15.4. The van der Waals surface area contributed by atoms with E-state index in [1.54, 1.807) is 26.3 Å². The third kappa shape index (κ3) is 5.23. The summed E-state index contributed by atoms with van der Waals surface area (Å²) in [6.07, 6.45) is 1.59. The van der Waals surface area contributed by atoms with E-state index in [1.165, 1.54) is 16.4 Å². The molecule has 29 heavy (non-hydrogen) atoms. The van der Waals surface area contributed by atoms with Crippen molar-refractivity contribution in [1.29, 1.82) is 0 Å². The number of hydrogen-bond acceptors (Lipinski definition) is 7. The van der Waals surface area contributed by atoms with Gasteiger partial charge in [-0.05, 0) is 43.2 Å². The molecule has 0 bridgehead atoms. The summed E-state index contributed by atoms with van der Waals surface area (Å²) >= 11 is 1.41. The van der Waals surface area contributed by atoms with Crippen LogP contribution in [0.1, 0.15) is 23.7 Å². The van der Waals surface area contributed by atoms with Gasteiger partial charge in [0.1, 0.15) is 5.69 Å². The third-order valence-electron chi connectivity index (χ3n) is 3.99. The number of thioether (sulfide) groups is 1. The second kappa shape index (κ2) is 9.88. The topological polar surface area (TPSA) is 78.6 Å². The standard InChI is InChI=1S/C21H22N4O3S/c1-4-28-19-12-17(10-11-18(19)27-3)13-22-25-20(26)15(2)23-24-21(25)29-14-16-8-6-5-7-9-16/h5-13H,4,14H2,1-3H3/b22-13+. The summed E-state index contributed by atoms with van der Waals surface area (Å²) in [7, 11) is 1.59. The van der Waals surface area contributed by atoms with E-state index in [0.717, 1.165) is 11.1 Å². The van der Waals surface area contributed by atoms with E-state index >= 15 is 0 Å². The van der Waals surface area contributed by atoms with Gasteiger partial charge in [-0.15, -0.1) is 10.2 Å². The average molecular weight is 410 g/mol. The molecule has 3 rings (SSSR count). The normalized spacial score (nSPS) is 11.0. The highest BCUT2D eigenvalue weighted by Crippen LogP contribution is 2.27. The van der Waals surface area contributed by atoms with Crippen LogP contribution in [0.2, 0.25) is 0 Å². The quantitative estimate of drug-likeness (QED) is 0.418. The Morgan fingerprint density at radius 2 is 1.93 bits per heavy atom. The Hall–Kier alpha value is -3.13. The van der Waals surface area contributed by atoms with Gasteiger partial charge in [0, 0.05) is 5.75 Å². The van der Waals surface area contributed by atoms with Gasteiger partial charge >= 0.3 is 0 Å². The number of benzene rings is 2. The fourth-order valence-electron chi connectivity index (χ4n) is 2.52. The molecule has 0 atom stereocenters. The number of hydrogen-bond donors (Lipinski definition) is 0. The Bertz CT molecular complexity index is 1050. The van der Waals surface area contributed by atoms with Crippen LogP contribution in [-0.4, -0.2) is 34.8 Å². The van der Waals surface area contributed by atoms with E-state index in [9.17, 15) is 4.79 Å². The summed E-state index contributed by atoms with van der Waals surface area (Å²) < 4.78 is 12.2. The smallest absolute Gasteiger partial charge is 0.296 e. The molecule has 3 aromatic rings. The first kappa shape index (κ1) is 20.6. The van der Waals surface area contributed by atoms with Crippen molar-refractivity contribution in [3.63, 3.8) is 0 Å². The van der Waals surface area contributed by atoms with Gasteiger partial charge in [-0.1, -0.05) is 42.1 Å². The highest BCUT2D eigenvalue weighted by Gasteiger charge is 2.10. The molecule has 0 saturated carbocycles. The first-order chi connectivity index (χ1) is 14.1. The maximum atomic E-state index is 12.6. The summed E-state index contributed by atoms with van der Waals surface area (Å²) in [4.78, 5) is 12.6. The van der Waals surface area contributed by atoms with Crippen LogP contribution < -0.4 is 15.0 Å². The molecule has 8 heteroatoms. The fourth-order valence-corrected chi connectivity index (χ4v) is 3.36. The van der Waals surface area contributed by atoms with Gasteiger partial charge in [0.25, 0.3) is 5.56 Å². The van der Waals surface area contributed by atoms with Gasteiger partial charge in [0.15, 0.2) is 11.5 Å². The number of aryl methyl sites for hydroxylation is 1. The molecular formula is C21H22N4O3S. The Morgan fingerprint density at radius 1 is 1.14 bits per heavy atom. The second-order valence-electron chi connectivity index (χ2n) is 6.05. The number of ether oxygens (including phenoxy) is 2. The van der Waals surface area contributed by atoms with Crippen LogP contribution in [0.15, 0.2) is 63.6 Å². The molecule has 0 aliphatic rings. The number of rotatable bonds is 8. The SMILES string of the molecule is CCOc1cc(/C=N/n2c(SCc3ccccc3)nnc(C)c2=O)ccc1OC. The predicted octanol–water partition coefficient (Wildman–Crippen LogP) is 3.53. The van der Waals surface area contributed by atoms with Crippen molar-refractivity contribution >= 4 is 18.0 Å². The monoisotopic (exact) mass is 410 g/mol. The van der Waals surface area contributed by atoms with Crippen molar-refractivity contribution in [2.45, 2.75) is 24.8 Å². The first-order valence-corrected chi connectivity index (χ1v) is 10.1. The molecule has 150 valence electrons. The minimum atomic E-state index is -0.301. The molecule has 0 fully saturated rings. The third-order valence-corrected chi connectivity index (χ3v) is 4.98. The van der Waals surface area contributed by atoms with Gasteiger partial charge in [-0.3, -0.25) is 4.79 Å². The molecule has 0 amide bonds. The van der Waals surface area contributed by atoms with Crippen molar-refractivity contribution < 1.29 is 9.47 Å². The predicted molar refractivity (Wildman–Crippen MR) is 114 cm³/mol. The molecule has 1 aromatic heterocycles. The van der Waals surface area contributed by atoms with E-state index in [1.807, 2.05) is 49.4 Å². The van der Waals surface area contributed by atoms with Gasteiger partial charge in [0.05, 0.1) is 19.9 Å². The van der Waals surface area contributed by atoms with Gasteiger partial charge in [0.2, 0.25) is 5.16 Å². The minimum absolute atomic E-state index is 0.288. The van der Waals surface area contributed by atoms with Crippen molar-refractivity contribution in [3.05, 3.63) is 75.7 Å². The van der Waals surface area contributed by atoms with Crippen molar-refractivity contribution in [2.75, 3.05) is 13.7 Å². The van der Waals surface area contributed by atoms with Crippen LogP contribution in [0, 0.1) is 6.92 Å². The Morgan fingerprint density at radius 3 is 2.66 bits per heavy atom. The Labute approximate surface area is 173 Å². The van der Waals surface area contributed by atoms with Crippen LogP contribution in [-0.2, 0) is 5.75 Å². The van der Waals surface area contributed by atoms with Crippen molar-refractivity contribution in [2.24, 2.45) is 5.10 Å². The molecule has 2 aromatic carbocycles. The summed E-state index contributed by atoms with van der Waals surface area (Å²) in [5.41, 5.74) is 1.88. The summed E-state index contributed by atoms with van der Waals surface area (Å²) in [5.74, 6) is 1.92. The van der Waals surface area contributed by atoms with E-state index in [2.05, 4.69) is 15.3 Å². The summed E-state index contributed by atoms with van der Waals surface area (Å²) in [5, 5.41) is 12.9. The highest BCUT2D eigenvalue weighted by molar-refractivity contribution is 7.98. The maximum Gasteiger partial charge on any atom is 0.296 e. The molecule has 0 aliphatic carbocycles. The summed E-state index contributed by atoms with van der Waals surface area (Å²) in [6.45, 7) is 4.04. The van der Waals surface area contributed by atoms with Crippen LogP contribution in [0.5, 0.6) is 11.5 Å². The Kier molecular flexibility index (Phi) is 7.02. The van der Waals surface area contributed by atoms with Gasteiger partial charge in [-0.2, -0.15) is 9.78 Å². The zero-order valence-electron chi connectivity index (χ0n) is 16.5. The zero-order chi connectivity index (χ0) is 20.6. The maximum absolute atomic E-state index is 12.6. The van der Waals surface area contributed by atoms with E-state index in [-0.39, 0.29) is 11.3 Å². The first-order valence-electron chi connectivity index (χ1n) is 9.10. The second-order valence-corrected chi connectivity index (χ2v) is 6.99. The molecule has 0 N–H and O–H groups in total. The van der Waals surface area contributed by atoms with Crippen LogP contribution >= 0.6 is 11.8 Å². The van der Waals surface area contributed by atoms with Crippen molar-refractivity contribution in [3.8, 4) is 11.5 Å². The molecule has 0 aliphatic heterocycles. The molecule has 1 heterocycles. The molecule has 0 unspecified atom stereocenters. The largest absolute Gasteiger partial charge is 0.493 e. The van der Waals surface area contributed by atoms with Gasteiger partial charge in [-0.25, -0.2) is 0 Å². The molecule has 0 radical (unpaired) electrons. The van der Waals surface area contributed by atoms with Crippen LogP contribution in [0.25, 0.3) is 0 Å². The average Bonchev–Trinajstić information content (AvgIpc) is 2.75. The van der Waals surface area contributed by atoms with Crippen molar-refractivity contribution in [1.82, 2.24) is 14.9 Å². The molecule has 7 nitrogen and oxygen atoms in total. The minimum Gasteiger partial charge on any atom is -0.493 e. The fraction of sp³-hybridized carbons (Fsp3) is 0.238. The lowest BCUT2D eigenvalue weighted by molar-refractivity contribution is 0.311. The molecular weight excluding hydrogens is 388 g/mol. The number of aromatic nitrogens is 3. The lowest BCUT2D eigenvalue weighted by Gasteiger charge is -2.10. The highest BCUT2D eigenvalue weighted by atomic mass is 32.2. The molecule has 0 spiro atoms. The van der Waals surface area contributed by atoms with E-state index < -0.39 is 0 Å². The molecule has 0 saturated heterocycles. The lowest BCUT2D eigenvalue weighted by atomic mass is 10.2. The number of methoxy groups -OCH3 is 1. The zero-order valence-corrected chi connectivity index (χ0v) is 17.3. The number of nitrogens with zero attached hydrogens (tertiary/aromatic N) is 4. The van der Waals surface area contributed by atoms with Gasteiger partial charge < -0.3 is 9.47 Å². The van der Waals surface area contributed by atoms with Crippen LogP contribution in [0.3, 0.4) is 0 Å². The van der Waals surface area contributed by atoms with E-state index in [0.29, 0.717) is 29.0 Å². The lowest BCUT2D eigenvalue weighted by Crippen LogP contribution is -2.23. The van der Waals surface area contributed by atoms with E-state index in [4.69, 9.17) is 9.47 Å².